The van der Waals surface area contributed by atoms with Gasteiger partial charge in [0.25, 0.3) is 0 Å². The first-order valence-electron chi connectivity index (χ1n) is 17.1. The predicted molar refractivity (Wildman–Crippen MR) is 217 cm³/mol. The predicted octanol–water partition coefficient (Wildman–Crippen LogP) is 14.3. The van der Waals surface area contributed by atoms with Crippen molar-refractivity contribution in [1.82, 2.24) is 0 Å². The molecule has 0 saturated heterocycles. The molecule has 1 heterocycles. The first-order valence-corrected chi connectivity index (χ1v) is 17.9. The maximum Gasteiger partial charge on any atom is 0.0555 e. The van der Waals surface area contributed by atoms with E-state index < -0.39 is 0 Å². The molecule has 9 aromatic carbocycles. The van der Waals surface area contributed by atoms with Gasteiger partial charge in [-0.1, -0.05) is 146 Å². The molecule has 0 N–H and O–H groups in total. The largest absolute Gasteiger partial charge is 0.309 e. The number of anilines is 3. The zero-order chi connectivity index (χ0) is 33.0. The third-order valence-electron chi connectivity index (χ3n) is 10.1. The molecule has 50 heavy (non-hydrogen) atoms. The van der Waals surface area contributed by atoms with Gasteiger partial charge in [-0.15, -0.1) is 11.3 Å². The summed E-state index contributed by atoms with van der Waals surface area (Å²) in [6, 6.07) is 68.8. The molecular formula is C48H31NS. The minimum Gasteiger partial charge on any atom is -0.309 e. The molecule has 1 aromatic heterocycles. The fraction of sp³-hybridized carbons (Fsp3) is 0. The Bertz CT molecular complexity index is 2870. The van der Waals surface area contributed by atoms with Crippen LogP contribution in [0, 0.1) is 0 Å². The third kappa shape index (κ3) is 4.61. The molecule has 0 bridgehead atoms. The second-order valence-corrected chi connectivity index (χ2v) is 13.9. The summed E-state index contributed by atoms with van der Waals surface area (Å²) in [5.74, 6) is 0. The van der Waals surface area contributed by atoms with Crippen LogP contribution >= 0.6 is 11.3 Å². The molecular weight excluding hydrogens is 623 g/mol. The van der Waals surface area contributed by atoms with E-state index in [9.17, 15) is 0 Å². The summed E-state index contributed by atoms with van der Waals surface area (Å²) in [6.45, 7) is 0. The maximum atomic E-state index is 2.48. The lowest BCUT2D eigenvalue weighted by atomic mass is 9.92. The number of rotatable bonds is 5. The zero-order valence-corrected chi connectivity index (χ0v) is 28.1. The van der Waals surface area contributed by atoms with Gasteiger partial charge in [0.2, 0.25) is 0 Å². The first kappa shape index (κ1) is 28.8. The molecule has 2 heteroatoms. The van der Waals surface area contributed by atoms with Crippen molar-refractivity contribution in [3.8, 4) is 22.3 Å². The van der Waals surface area contributed by atoms with Gasteiger partial charge in [-0.25, -0.2) is 0 Å². The van der Waals surface area contributed by atoms with Crippen molar-refractivity contribution in [2.24, 2.45) is 0 Å². The number of hydrogen-bond donors (Lipinski definition) is 0. The van der Waals surface area contributed by atoms with Crippen LogP contribution in [0.5, 0.6) is 0 Å². The number of thiophene rings is 1. The van der Waals surface area contributed by atoms with Gasteiger partial charge in [0.1, 0.15) is 0 Å². The van der Waals surface area contributed by atoms with Crippen LogP contribution < -0.4 is 4.90 Å². The second-order valence-electron chi connectivity index (χ2n) is 12.9. The highest BCUT2D eigenvalue weighted by atomic mass is 32.1. The summed E-state index contributed by atoms with van der Waals surface area (Å²) in [5.41, 5.74) is 8.32. The molecule has 0 aliphatic heterocycles. The Labute approximate surface area is 294 Å². The highest BCUT2D eigenvalue weighted by molar-refractivity contribution is 7.26. The van der Waals surface area contributed by atoms with Crippen LogP contribution in [0.4, 0.5) is 17.1 Å². The number of fused-ring (bicyclic) bond motifs is 7. The van der Waals surface area contributed by atoms with Crippen molar-refractivity contribution in [2.75, 3.05) is 4.90 Å². The van der Waals surface area contributed by atoms with E-state index in [0.29, 0.717) is 0 Å². The molecule has 0 unspecified atom stereocenters. The van der Waals surface area contributed by atoms with Crippen LogP contribution in [0.25, 0.3) is 74.7 Å². The molecule has 10 aromatic rings. The molecule has 0 atom stereocenters. The smallest absolute Gasteiger partial charge is 0.0555 e. The Balaban J connectivity index is 1.24. The van der Waals surface area contributed by atoms with E-state index in [1.165, 1.54) is 80.4 Å². The van der Waals surface area contributed by atoms with Crippen LogP contribution in [0.3, 0.4) is 0 Å². The van der Waals surface area contributed by atoms with E-state index in [2.05, 4.69) is 193 Å². The van der Waals surface area contributed by atoms with Crippen molar-refractivity contribution < 1.29 is 0 Å². The minimum atomic E-state index is 1.12. The van der Waals surface area contributed by atoms with Crippen molar-refractivity contribution >= 4 is 80.9 Å². The Morgan fingerprint density at radius 3 is 1.78 bits per heavy atom. The van der Waals surface area contributed by atoms with Gasteiger partial charge in [-0.2, -0.15) is 0 Å². The molecule has 234 valence electrons. The number of hydrogen-bond acceptors (Lipinski definition) is 2. The second kappa shape index (κ2) is 11.7. The molecule has 0 aliphatic carbocycles. The molecule has 0 aliphatic rings. The third-order valence-corrected chi connectivity index (χ3v) is 11.2. The molecule has 0 radical (unpaired) electrons. The Hall–Kier alpha value is -6.22. The lowest BCUT2D eigenvalue weighted by Crippen LogP contribution is -2.11. The highest BCUT2D eigenvalue weighted by Crippen LogP contribution is 2.48. The van der Waals surface area contributed by atoms with E-state index >= 15 is 0 Å². The van der Waals surface area contributed by atoms with E-state index in [-0.39, 0.29) is 0 Å². The van der Waals surface area contributed by atoms with Gasteiger partial charge >= 0.3 is 0 Å². The van der Waals surface area contributed by atoms with Crippen LogP contribution in [0.2, 0.25) is 0 Å². The minimum absolute atomic E-state index is 1.12. The zero-order valence-electron chi connectivity index (χ0n) is 27.3. The van der Waals surface area contributed by atoms with Crippen LogP contribution in [0.1, 0.15) is 0 Å². The standard InChI is InChI=1S/C48H31NS/c1-3-16-36-32(13-1)15-11-22-37(36)33-27-29-35(30-28-33)49(45-24-12-26-47-48(45)42-21-8-10-25-46(42)50-47)44-23-9-7-20-41(44)43-31-34-14-2-4-17-38(34)39-18-5-6-19-40(39)43/h1-31H. The summed E-state index contributed by atoms with van der Waals surface area (Å²) in [4.78, 5) is 2.48. The topological polar surface area (TPSA) is 3.24 Å². The lowest BCUT2D eigenvalue weighted by Gasteiger charge is -2.29. The quantitative estimate of drug-likeness (QED) is 0.167. The fourth-order valence-corrected chi connectivity index (χ4v) is 8.92. The van der Waals surface area contributed by atoms with Gasteiger partial charge in [-0.3, -0.25) is 0 Å². The van der Waals surface area contributed by atoms with Crippen LogP contribution in [-0.4, -0.2) is 0 Å². The highest BCUT2D eigenvalue weighted by Gasteiger charge is 2.22. The summed E-state index contributed by atoms with van der Waals surface area (Å²) in [5, 5.41) is 10.1. The van der Waals surface area contributed by atoms with Crippen molar-refractivity contribution in [1.29, 1.82) is 0 Å². The van der Waals surface area contributed by atoms with Crippen molar-refractivity contribution in [3.63, 3.8) is 0 Å². The Morgan fingerprint density at radius 2 is 0.920 bits per heavy atom. The van der Waals surface area contributed by atoms with Gasteiger partial charge in [0.15, 0.2) is 0 Å². The van der Waals surface area contributed by atoms with Crippen molar-refractivity contribution in [2.45, 2.75) is 0 Å². The number of benzene rings is 9. The molecule has 0 amide bonds. The summed E-state index contributed by atoms with van der Waals surface area (Å²) in [7, 11) is 0. The summed E-state index contributed by atoms with van der Waals surface area (Å²) < 4.78 is 2.59. The lowest BCUT2D eigenvalue weighted by molar-refractivity contribution is 1.30. The summed E-state index contributed by atoms with van der Waals surface area (Å²) in [6.07, 6.45) is 0. The SMILES string of the molecule is c1ccc(N(c2ccc(-c3cccc4ccccc34)cc2)c2cccc3sc4ccccc4c23)c(-c2cc3ccccc3c3ccccc23)c1. The molecule has 0 spiro atoms. The van der Waals surface area contributed by atoms with Gasteiger partial charge in [0, 0.05) is 31.4 Å². The van der Waals surface area contributed by atoms with Gasteiger partial charge < -0.3 is 4.90 Å². The normalized spacial score (nSPS) is 11.6. The Kier molecular flexibility index (Phi) is 6.75. The molecule has 1 nitrogen and oxygen atoms in total. The van der Waals surface area contributed by atoms with Gasteiger partial charge in [-0.05, 0) is 91.5 Å². The summed E-state index contributed by atoms with van der Waals surface area (Å²) >= 11 is 1.86. The van der Waals surface area contributed by atoms with E-state index in [1.54, 1.807) is 0 Å². The van der Waals surface area contributed by atoms with Crippen LogP contribution in [-0.2, 0) is 0 Å². The van der Waals surface area contributed by atoms with Crippen LogP contribution in [0.15, 0.2) is 188 Å². The Morgan fingerprint density at radius 1 is 0.340 bits per heavy atom. The monoisotopic (exact) mass is 653 g/mol. The van der Waals surface area contributed by atoms with E-state index in [4.69, 9.17) is 0 Å². The van der Waals surface area contributed by atoms with Gasteiger partial charge in [0.05, 0.1) is 11.4 Å². The number of para-hydroxylation sites is 1. The molecule has 0 saturated carbocycles. The van der Waals surface area contributed by atoms with E-state index in [0.717, 1.165) is 11.4 Å². The fourth-order valence-electron chi connectivity index (χ4n) is 7.79. The number of nitrogens with zero attached hydrogens (tertiary/aromatic N) is 1. The first-order chi connectivity index (χ1) is 24.8. The molecule has 10 rings (SSSR count). The molecule has 0 fully saturated rings. The maximum absolute atomic E-state index is 2.48. The van der Waals surface area contributed by atoms with E-state index in [1.807, 2.05) is 11.3 Å². The average molecular weight is 654 g/mol. The van der Waals surface area contributed by atoms with Crippen molar-refractivity contribution in [3.05, 3.63) is 188 Å². The average Bonchev–Trinajstić information content (AvgIpc) is 3.58.